The molecule has 0 heterocycles. The summed E-state index contributed by atoms with van der Waals surface area (Å²) < 4.78 is 5.65. The average Bonchev–Trinajstić information content (AvgIpc) is 2.69. The van der Waals surface area contributed by atoms with Gasteiger partial charge in [0.15, 0.2) is 0 Å². The monoisotopic (exact) mass is 516 g/mol. The van der Waals surface area contributed by atoms with Gasteiger partial charge in [0.25, 0.3) is 0 Å². The van der Waals surface area contributed by atoms with E-state index in [4.69, 9.17) is 0 Å². The molecule has 0 N–H and O–H groups in total. The van der Waals surface area contributed by atoms with Gasteiger partial charge in [-0.2, -0.15) is 0 Å². The summed E-state index contributed by atoms with van der Waals surface area (Å²) in [7, 11) is 0. The van der Waals surface area contributed by atoms with Crippen molar-refractivity contribution in [2.45, 2.75) is 156 Å². The van der Waals surface area contributed by atoms with Gasteiger partial charge in [0.2, 0.25) is 0 Å². The third kappa shape index (κ3) is 11.3. The van der Waals surface area contributed by atoms with E-state index in [0.717, 1.165) is 17.8 Å². The number of hydrogen-bond acceptors (Lipinski definition) is 0. The van der Waals surface area contributed by atoms with Crippen LogP contribution in [-0.2, 0) is 0 Å². The molecule has 0 radical (unpaired) electrons. The van der Waals surface area contributed by atoms with Crippen molar-refractivity contribution in [1.29, 1.82) is 0 Å². The molecular weight excluding hydrogens is 455 g/mol. The predicted octanol–water partition coefficient (Wildman–Crippen LogP) is 10.9. The number of unbranched alkanes of at least 4 members (excludes halogenated alkanes) is 3. The predicted molar refractivity (Wildman–Crippen MR) is 140 cm³/mol. The molecule has 3 atom stereocenters. The zero-order valence-corrected chi connectivity index (χ0v) is 25.2. The van der Waals surface area contributed by atoms with Crippen molar-refractivity contribution in [1.82, 2.24) is 0 Å². The van der Waals surface area contributed by atoms with E-state index in [0.29, 0.717) is 3.43 Å². The van der Waals surface area contributed by atoms with Crippen LogP contribution in [-0.4, -0.2) is 18.4 Å². The normalized spacial score (nSPS) is 17.7. The van der Waals surface area contributed by atoms with Gasteiger partial charge in [-0.15, -0.1) is 0 Å². The molecule has 1 heteroatoms. The zero-order chi connectivity index (χ0) is 22.3. The first-order valence-corrected chi connectivity index (χ1v) is 21.2. The fourth-order valence-corrected chi connectivity index (χ4v) is 26.0. The maximum absolute atomic E-state index is 2.68. The van der Waals surface area contributed by atoms with E-state index in [1.54, 1.807) is 13.3 Å². The molecule has 29 heavy (non-hydrogen) atoms. The summed E-state index contributed by atoms with van der Waals surface area (Å²) in [6, 6.07) is 0. The standard InChI is InChI=1S/3C8H17.C4H9.Sn/c3*1-4-6-7-8(3)5-2;1-4(2)3;/h3*8H,3-7H2,1-2H3;1-3H3;. The van der Waals surface area contributed by atoms with Crippen molar-refractivity contribution >= 4 is 18.4 Å². The Morgan fingerprint density at radius 3 is 0.966 bits per heavy atom. The van der Waals surface area contributed by atoms with Crippen LogP contribution in [0.2, 0.25) is 16.7 Å². The Bertz CT molecular complexity index is 321. The Hall–Kier alpha value is 0.799. The Labute approximate surface area is 191 Å². The van der Waals surface area contributed by atoms with Crippen LogP contribution < -0.4 is 0 Å². The van der Waals surface area contributed by atoms with Gasteiger partial charge in [0.1, 0.15) is 0 Å². The van der Waals surface area contributed by atoms with Crippen LogP contribution in [0.25, 0.3) is 0 Å². The Morgan fingerprint density at radius 1 is 0.517 bits per heavy atom. The molecule has 176 valence electrons. The van der Waals surface area contributed by atoms with Crippen LogP contribution in [0.15, 0.2) is 0 Å². The summed E-state index contributed by atoms with van der Waals surface area (Å²) in [5.41, 5.74) is 0. The van der Waals surface area contributed by atoms with Gasteiger partial charge in [-0.05, 0) is 0 Å². The van der Waals surface area contributed by atoms with E-state index in [1.807, 2.05) is 0 Å². The fraction of sp³-hybridized carbons (Fsp3) is 1.00. The molecule has 0 aromatic rings. The fourth-order valence-electron chi connectivity index (χ4n) is 5.66. The number of rotatable bonds is 18. The van der Waals surface area contributed by atoms with Crippen molar-refractivity contribution in [2.75, 3.05) is 0 Å². The molecule has 0 bridgehead atoms. The molecule has 0 nitrogen and oxygen atoms in total. The summed E-state index contributed by atoms with van der Waals surface area (Å²) in [6.45, 7) is 22.6. The average molecular weight is 515 g/mol. The molecule has 0 saturated heterocycles. The van der Waals surface area contributed by atoms with Crippen molar-refractivity contribution in [3.8, 4) is 0 Å². The summed E-state index contributed by atoms with van der Waals surface area (Å²) in [5, 5.41) is 0. The molecule has 0 fully saturated rings. The summed E-state index contributed by atoms with van der Waals surface area (Å²) >= 11 is -2.37. The topological polar surface area (TPSA) is 0 Å². The van der Waals surface area contributed by atoms with E-state index in [-0.39, 0.29) is 0 Å². The summed E-state index contributed by atoms with van der Waals surface area (Å²) in [5.74, 6) is 3.03. The van der Waals surface area contributed by atoms with E-state index in [2.05, 4.69) is 62.3 Å². The number of hydrogen-bond donors (Lipinski definition) is 0. The molecular formula is C28H60Sn. The quantitative estimate of drug-likeness (QED) is 0.159. The van der Waals surface area contributed by atoms with Crippen LogP contribution in [0, 0.1) is 17.8 Å². The van der Waals surface area contributed by atoms with E-state index in [9.17, 15) is 0 Å². The van der Waals surface area contributed by atoms with Gasteiger partial charge in [-0.1, -0.05) is 0 Å². The van der Waals surface area contributed by atoms with Gasteiger partial charge < -0.3 is 0 Å². The van der Waals surface area contributed by atoms with Gasteiger partial charge in [0.05, 0.1) is 0 Å². The van der Waals surface area contributed by atoms with Gasteiger partial charge in [-0.3, -0.25) is 0 Å². The maximum atomic E-state index is 2.68. The minimum atomic E-state index is -2.37. The first-order chi connectivity index (χ1) is 13.7. The van der Waals surface area contributed by atoms with Gasteiger partial charge in [-0.25, -0.2) is 0 Å². The van der Waals surface area contributed by atoms with E-state index >= 15 is 0 Å². The second kappa shape index (κ2) is 16.4. The Morgan fingerprint density at radius 2 is 0.793 bits per heavy atom. The van der Waals surface area contributed by atoms with Crippen LogP contribution in [0.1, 0.15) is 139 Å². The van der Waals surface area contributed by atoms with Crippen LogP contribution >= 0.6 is 0 Å². The molecule has 0 aliphatic rings. The summed E-state index contributed by atoms with van der Waals surface area (Å²) in [6.07, 6.45) is 17.2. The Kier molecular flexibility index (Phi) is 16.9. The Balaban J connectivity index is 5.85. The first-order valence-electron chi connectivity index (χ1n) is 13.7. The molecule has 0 rings (SSSR count). The molecule has 0 amide bonds. The van der Waals surface area contributed by atoms with Crippen LogP contribution in [0.3, 0.4) is 0 Å². The summed E-state index contributed by atoms with van der Waals surface area (Å²) in [4.78, 5) is 0. The van der Waals surface area contributed by atoms with Crippen molar-refractivity contribution in [2.24, 2.45) is 17.8 Å². The van der Waals surface area contributed by atoms with Crippen molar-refractivity contribution in [3.63, 3.8) is 0 Å². The van der Waals surface area contributed by atoms with Crippen LogP contribution in [0.5, 0.6) is 0 Å². The van der Waals surface area contributed by atoms with E-state index < -0.39 is 18.4 Å². The van der Waals surface area contributed by atoms with Crippen LogP contribution in [0.4, 0.5) is 0 Å². The molecule has 0 aromatic heterocycles. The molecule has 0 aromatic carbocycles. The third-order valence-corrected chi connectivity index (χ3v) is 29.0. The second-order valence-corrected chi connectivity index (χ2v) is 26.5. The molecule has 3 unspecified atom stereocenters. The van der Waals surface area contributed by atoms with E-state index in [1.165, 1.54) is 77.0 Å². The molecule has 0 saturated carbocycles. The zero-order valence-electron chi connectivity index (χ0n) is 22.3. The molecule has 0 spiro atoms. The van der Waals surface area contributed by atoms with Crippen molar-refractivity contribution < 1.29 is 0 Å². The van der Waals surface area contributed by atoms with Gasteiger partial charge >= 0.3 is 192 Å². The SMILES string of the molecule is CCCCC(CC)[CH2][Sn]([CH2]C(CC)CCCC)([CH2]C(CC)CCCC)[C](C)(C)C. The molecule has 0 aliphatic carbocycles. The third-order valence-electron chi connectivity index (χ3n) is 8.26. The minimum absolute atomic E-state index is 0.605. The van der Waals surface area contributed by atoms with Crippen molar-refractivity contribution in [3.05, 3.63) is 0 Å². The first kappa shape index (κ1) is 29.8. The molecule has 0 aliphatic heterocycles. The second-order valence-electron chi connectivity index (χ2n) is 11.4. The van der Waals surface area contributed by atoms with Gasteiger partial charge in [0, 0.05) is 0 Å².